The van der Waals surface area contributed by atoms with Crippen molar-refractivity contribution in [1.29, 1.82) is 0 Å². The molecule has 112 valence electrons. The molecule has 0 aliphatic heterocycles. The van der Waals surface area contributed by atoms with Crippen molar-refractivity contribution in [3.63, 3.8) is 0 Å². The van der Waals surface area contributed by atoms with Gasteiger partial charge < -0.3 is 15.8 Å². The minimum absolute atomic E-state index is 0.0970. The van der Waals surface area contributed by atoms with Gasteiger partial charge >= 0.3 is 0 Å². The zero-order valence-corrected chi connectivity index (χ0v) is 12.7. The van der Waals surface area contributed by atoms with Crippen LogP contribution in [0.4, 0.5) is 5.69 Å². The maximum atomic E-state index is 11.8. The van der Waals surface area contributed by atoms with Crippen LogP contribution in [-0.2, 0) is 14.6 Å². The summed E-state index contributed by atoms with van der Waals surface area (Å²) in [5.74, 6) is 0.214. The van der Waals surface area contributed by atoms with Gasteiger partial charge in [-0.25, -0.2) is 8.42 Å². The molecular formula is C13H20N2O4S. The van der Waals surface area contributed by atoms with E-state index in [0.717, 1.165) is 17.6 Å². The minimum Gasteiger partial charge on any atom is -0.496 e. The average Bonchev–Trinajstić information content (AvgIpc) is 2.35. The van der Waals surface area contributed by atoms with Crippen LogP contribution in [-0.4, -0.2) is 39.5 Å². The molecule has 1 amide bonds. The Morgan fingerprint density at radius 3 is 2.60 bits per heavy atom. The molecule has 6 nitrogen and oxygen atoms in total. The Hall–Kier alpha value is -1.60. The maximum Gasteiger partial charge on any atom is 0.241 e. The van der Waals surface area contributed by atoms with Gasteiger partial charge in [0.15, 0.2) is 0 Å². The molecular weight excluding hydrogens is 280 g/mol. The van der Waals surface area contributed by atoms with E-state index in [9.17, 15) is 13.2 Å². The molecule has 0 fully saturated rings. The molecule has 20 heavy (non-hydrogen) atoms. The Bertz CT molecular complexity index is 584. The highest BCUT2D eigenvalue weighted by atomic mass is 32.2. The van der Waals surface area contributed by atoms with Crippen molar-refractivity contribution >= 4 is 21.4 Å². The van der Waals surface area contributed by atoms with Gasteiger partial charge in [-0.1, -0.05) is 0 Å². The number of amides is 1. The third kappa shape index (κ3) is 5.18. The van der Waals surface area contributed by atoms with E-state index in [-0.39, 0.29) is 12.2 Å². The van der Waals surface area contributed by atoms with Crippen LogP contribution >= 0.6 is 0 Å². The fourth-order valence-corrected chi connectivity index (χ4v) is 2.35. The van der Waals surface area contributed by atoms with Crippen LogP contribution in [0.15, 0.2) is 18.2 Å². The first-order chi connectivity index (χ1) is 9.23. The number of rotatable bonds is 6. The molecule has 0 aliphatic carbocycles. The largest absolute Gasteiger partial charge is 0.496 e. The van der Waals surface area contributed by atoms with Crippen molar-refractivity contribution in [3.05, 3.63) is 23.8 Å². The van der Waals surface area contributed by atoms with Gasteiger partial charge in [-0.05, 0) is 37.1 Å². The number of methoxy groups -OCH3 is 1. The molecule has 0 bridgehead atoms. The summed E-state index contributed by atoms with van der Waals surface area (Å²) in [6.07, 6.45) is 1.21. The topological polar surface area (TPSA) is 98.5 Å². The number of carbonyl (C=O) groups excluding carboxylic acids is 1. The third-order valence-electron chi connectivity index (χ3n) is 2.80. The van der Waals surface area contributed by atoms with Gasteiger partial charge in [0.2, 0.25) is 5.91 Å². The number of carbonyl (C=O) groups is 1. The Balaban J connectivity index is 2.64. The van der Waals surface area contributed by atoms with Gasteiger partial charge in [0.1, 0.15) is 15.6 Å². The number of sulfone groups is 1. The van der Waals surface area contributed by atoms with Gasteiger partial charge in [-0.3, -0.25) is 4.79 Å². The molecule has 3 N–H and O–H groups in total. The van der Waals surface area contributed by atoms with Crippen LogP contribution in [0, 0.1) is 6.92 Å². The Morgan fingerprint density at radius 2 is 2.10 bits per heavy atom. The van der Waals surface area contributed by atoms with Crippen LogP contribution in [0.2, 0.25) is 0 Å². The summed E-state index contributed by atoms with van der Waals surface area (Å²) in [5, 5.41) is 2.66. The van der Waals surface area contributed by atoms with E-state index in [0.29, 0.717) is 5.69 Å². The normalized spacial score (nSPS) is 12.8. The van der Waals surface area contributed by atoms with Crippen LogP contribution in [0.3, 0.4) is 0 Å². The van der Waals surface area contributed by atoms with E-state index in [1.54, 1.807) is 25.3 Å². The first-order valence-electron chi connectivity index (χ1n) is 6.12. The van der Waals surface area contributed by atoms with E-state index in [4.69, 9.17) is 10.5 Å². The fourth-order valence-electron chi connectivity index (χ4n) is 1.66. The fraction of sp³-hybridized carbons (Fsp3) is 0.462. The number of benzene rings is 1. The van der Waals surface area contributed by atoms with Crippen molar-refractivity contribution in [1.82, 2.24) is 0 Å². The van der Waals surface area contributed by atoms with Crippen molar-refractivity contribution in [2.75, 3.05) is 24.4 Å². The van der Waals surface area contributed by atoms with Gasteiger partial charge in [-0.15, -0.1) is 0 Å². The van der Waals surface area contributed by atoms with Crippen molar-refractivity contribution in [2.45, 2.75) is 19.4 Å². The number of nitrogens with two attached hydrogens (primary N) is 1. The van der Waals surface area contributed by atoms with Crippen LogP contribution in [0.1, 0.15) is 12.0 Å². The summed E-state index contributed by atoms with van der Waals surface area (Å²) in [6.45, 7) is 1.86. The predicted octanol–water partition coefficient (Wildman–Crippen LogP) is 0.704. The molecule has 1 rings (SSSR count). The first kappa shape index (κ1) is 16.5. The zero-order valence-electron chi connectivity index (χ0n) is 11.8. The summed E-state index contributed by atoms with van der Waals surface area (Å²) in [6, 6.07) is 4.35. The number of hydrogen-bond acceptors (Lipinski definition) is 5. The monoisotopic (exact) mass is 300 g/mol. The Labute approximate surface area is 119 Å². The predicted molar refractivity (Wildman–Crippen MR) is 78.7 cm³/mol. The molecule has 0 radical (unpaired) electrons. The first-order valence-corrected chi connectivity index (χ1v) is 8.18. The molecule has 1 atom stereocenters. The Morgan fingerprint density at radius 1 is 1.45 bits per heavy atom. The third-order valence-corrected chi connectivity index (χ3v) is 3.78. The number of aryl methyl sites for hydroxylation is 1. The van der Waals surface area contributed by atoms with Crippen molar-refractivity contribution in [2.24, 2.45) is 5.73 Å². The molecule has 0 saturated carbocycles. The lowest BCUT2D eigenvalue weighted by molar-refractivity contribution is -0.117. The smallest absolute Gasteiger partial charge is 0.241 e. The highest BCUT2D eigenvalue weighted by molar-refractivity contribution is 7.90. The molecule has 0 spiro atoms. The lowest BCUT2D eigenvalue weighted by Crippen LogP contribution is -2.37. The number of anilines is 1. The standard InChI is InChI=1S/C13H20N2O4S/c1-9-8-10(4-5-12(9)19-2)15-13(16)11(14)6-7-20(3,17)18/h4-5,8,11H,6-7,14H2,1-3H3,(H,15,16). The Kier molecular flexibility index (Phi) is 5.52. The molecule has 1 aromatic rings. The number of hydrogen-bond donors (Lipinski definition) is 2. The summed E-state index contributed by atoms with van der Waals surface area (Å²) in [7, 11) is -1.55. The van der Waals surface area contributed by atoms with Gasteiger partial charge in [0.05, 0.1) is 18.9 Å². The highest BCUT2D eigenvalue weighted by Gasteiger charge is 2.16. The minimum atomic E-state index is -3.12. The summed E-state index contributed by atoms with van der Waals surface area (Å²) in [4.78, 5) is 11.8. The number of ether oxygens (including phenoxy) is 1. The van der Waals surface area contributed by atoms with Crippen LogP contribution < -0.4 is 15.8 Å². The quantitative estimate of drug-likeness (QED) is 0.806. The van der Waals surface area contributed by atoms with Crippen molar-refractivity contribution < 1.29 is 17.9 Å². The van der Waals surface area contributed by atoms with Crippen molar-refractivity contribution in [3.8, 4) is 5.75 Å². The van der Waals surface area contributed by atoms with E-state index < -0.39 is 21.8 Å². The second kappa shape index (κ2) is 6.71. The summed E-state index contributed by atoms with van der Waals surface area (Å²) < 4.78 is 27.2. The second-order valence-electron chi connectivity index (χ2n) is 4.70. The van der Waals surface area contributed by atoms with E-state index >= 15 is 0 Å². The zero-order chi connectivity index (χ0) is 15.3. The molecule has 1 aromatic carbocycles. The van der Waals surface area contributed by atoms with Crippen LogP contribution in [0.5, 0.6) is 5.75 Å². The maximum absolute atomic E-state index is 11.8. The molecule has 1 unspecified atom stereocenters. The van der Waals surface area contributed by atoms with Gasteiger partial charge in [-0.2, -0.15) is 0 Å². The van der Waals surface area contributed by atoms with E-state index in [1.165, 1.54) is 0 Å². The summed E-state index contributed by atoms with van der Waals surface area (Å²) >= 11 is 0. The number of nitrogens with one attached hydrogen (secondary N) is 1. The molecule has 0 heterocycles. The van der Waals surface area contributed by atoms with Gasteiger partial charge in [0, 0.05) is 11.9 Å². The van der Waals surface area contributed by atoms with Crippen LogP contribution in [0.25, 0.3) is 0 Å². The second-order valence-corrected chi connectivity index (χ2v) is 6.96. The molecule has 0 aliphatic rings. The molecule has 7 heteroatoms. The lowest BCUT2D eigenvalue weighted by Gasteiger charge is -2.13. The lowest BCUT2D eigenvalue weighted by atomic mass is 10.2. The van der Waals surface area contributed by atoms with E-state index in [2.05, 4.69) is 5.32 Å². The summed E-state index contributed by atoms with van der Waals surface area (Å²) in [5.41, 5.74) is 7.15. The average molecular weight is 300 g/mol. The van der Waals surface area contributed by atoms with Gasteiger partial charge in [0.25, 0.3) is 0 Å². The highest BCUT2D eigenvalue weighted by Crippen LogP contribution is 2.21. The SMILES string of the molecule is COc1ccc(NC(=O)C(N)CCS(C)(=O)=O)cc1C. The molecule has 0 aromatic heterocycles. The molecule has 0 saturated heterocycles. The van der Waals surface area contributed by atoms with E-state index in [1.807, 2.05) is 6.92 Å².